The summed E-state index contributed by atoms with van der Waals surface area (Å²) in [6.07, 6.45) is 5.63. The van der Waals surface area contributed by atoms with E-state index in [1.54, 1.807) is 0 Å². The first-order valence-corrected chi connectivity index (χ1v) is 7.75. The van der Waals surface area contributed by atoms with Crippen LogP contribution in [-0.2, 0) is 9.59 Å². The van der Waals surface area contributed by atoms with Gasteiger partial charge in [-0.2, -0.15) is 0 Å². The Kier molecular flexibility index (Phi) is 2.45. The molecule has 4 heteroatoms. The molecule has 0 radical (unpaired) electrons. The Bertz CT molecular complexity index is 412. The van der Waals surface area contributed by atoms with E-state index in [0.29, 0.717) is 11.8 Å². The average molecular weight is 262 g/mol. The molecule has 104 valence electrons. The van der Waals surface area contributed by atoms with Crippen LogP contribution in [0.4, 0.5) is 0 Å². The third kappa shape index (κ3) is 1.65. The topological polar surface area (TPSA) is 63.4 Å². The molecule has 4 atom stereocenters. The number of amides is 2. The quantitative estimate of drug-likeness (QED) is 0.807. The van der Waals surface area contributed by atoms with Crippen LogP contribution in [-0.4, -0.2) is 29.8 Å². The zero-order valence-electron chi connectivity index (χ0n) is 11.3. The fourth-order valence-corrected chi connectivity index (χ4v) is 5.25. The van der Waals surface area contributed by atoms with E-state index < -0.39 is 0 Å². The summed E-state index contributed by atoms with van der Waals surface area (Å²) in [5, 5.41) is 0. The Morgan fingerprint density at radius 3 is 2.05 bits per heavy atom. The molecule has 0 aromatic rings. The molecule has 19 heavy (non-hydrogen) atoms. The van der Waals surface area contributed by atoms with Crippen molar-refractivity contribution in [2.24, 2.45) is 41.2 Å². The van der Waals surface area contributed by atoms with Crippen molar-refractivity contribution in [3.8, 4) is 0 Å². The van der Waals surface area contributed by atoms with Gasteiger partial charge in [-0.3, -0.25) is 9.59 Å². The van der Waals surface area contributed by atoms with Gasteiger partial charge in [-0.1, -0.05) is 0 Å². The predicted molar refractivity (Wildman–Crippen MR) is 69.8 cm³/mol. The van der Waals surface area contributed by atoms with Crippen LogP contribution in [0.2, 0.25) is 0 Å². The van der Waals surface area contributed by atoms with E-state index in [4.69, 9.17) is 5.73 Å². The van der Waals surface area contributed by atoms with Crippen LogP contribution < -0.4 is 5.73 Å². The van der Waals surface area contributed by atoms with Crippen LogP contribution in [0, 0.1) is 35.5 Å². The first-order valence-electron chi connectivity index (χ1n) is 7.75. The Morgan fingerprint density at radius 2 is 1.53 bits per heavy atom. The molecule has 3 saturated carbocycles. The molecule has 4 aliphatic rings. The van der Waals surface area contributed by atoms with Gasteiger partial charge in [-0.05, 0) is 55.8 Å². The first-order chi connectivity index (χ1) is 9.16. The summed E-state index contributed by atoms with van der Waals surface area (Å²) in [7, 11) is 0. The number of piperidine rings is 1. The smallest absolute Gasteiger partial charge is 0.226 e. The summed E-state index contributed by atoms with van der Waals surface area (Å²) in [5.41, 5.74) is 5.34. The standard InChI is InChI=1S/C15H22N2O2/c16-14(18)8-3-5-17(6-4-8)15(19)13-11-9-1-2-10(7-9)12(11)13/h8-13H,1-7H2,(H2,16,18). The molecule has 0 spiro atoms. The second-order valence-electron chi connectivity index (χ2n) is 7.02. The lowest BCUT2D eigenvalue weighted by Gasteiger charge is -2.31. The lowest BCUT2D eigenvalue weighted by molar-refractivity contribution is -0.137. The maximum atomic E-state index is 12.6. The highest BCUT2D eigenvalue weighted by molar-refractivity contribution is 5.83. The van der Waals surface area contributed by atoms with E-state index in [1.807, 2.05) is 4.90 Å². The number of rotatable bonds is 2. The van der Waals surface area contributed by atoms with Crippen LogP contribution in [0.5, 0.6) is 0 Å². The van der Waals surface area contributed by atoms with Gasteiger partial charge in [0.15, 0.2) is 0 Å². The fourth-order valence-electron chi connectivity index (χ4n) is 5.25. The minimum atomic E-state index is -0.201. The predicted octanol–water partition coefficient (Wildman–Crippen LogP) is 1.00. The van der Waals surface area contributed by atoms with Gasteiger partial charge in [0.05, 0.1) is 0 Å². The maximum Gasteiger partial charge on any atom is 0.226 e. The number of carbonyl (C=O) groups is 2. The number of nitrogens with two attached hydrogens (primary N) is 1. The van der Waals surface area contributed by atoms with Crippen molar-refractivity contribution >= 4 is 11.8 Å². The molecular formula is C15H22N2O2. The highest BCUT2D eigenvalue weighted by Gasteiger charge is 2.67. The van der Waals surface area contributed by atoms with Gasteiger partial charge in [-0.25, -0.2) is 0 Å². The summed E-state index contributed by atoms with van der Waals surface area (Å²) in [6, 6.07) is 0. The zero-order valence-corrected chi connectivity index (χ0v) is 11.3. The molecule has 4 fully saturated rings. The largest absolute Gasteiger partial charge is 0.369 e. The molecular weight excluding hydrogens is 240 g/mol. The van der Waals surface area contributed by atoms with E-state index in [1.165, 1.54) is 19.3 Å². The third-order valence-electron chi connectivity index (χ3n) is 6.23. The molecule has 0 aromatic carbocycles. The minimum absolute atomic E-state index is 0.0149. The van der Waals surface area contributed by atoms with Gasteiger partial charge in [0.1, 0.15) is 0 Å². The number of carbonyl (C=O) groups excluding carboxylic acids is 2. The van der Waals surface area contributed by atoms with Gasteiger partial charge in [0, 0.05) is 24.9 Å². The summed E-state index contributed by atoms with van der Waals surface area (Å²) in [5.74, 6) is 3.66. The summed E-state index contributed by atoms with van der Waals surface area (Å²) < 4.78 is 0. The number of primary amides is 1. The molecule has 4 rings (SSSR count). The summed E-state index contributed by atoms with van der Waals surface area (Å²) >= 11 is 0. The van der Waals surface area contributed by atoms with Gasteiger partial charge in [0.2, 0.25) is 11.8 Å². The Morgan fingerprint density at radius 1 is 0.947 bits per heavy atom. The van der Waals surface area contributed by atoms with Crippen molar-refractivity contribution < 1.29 is 9.59 Å². The average Bonchev–Trinajstić information content (AvgIpc) is 2.85. The number of hydrogen-bond acceptors (Lipinski definition) is 2. The third-order valence-corrected chi connectivity index (χ3v) is 6.23. The summed E-state index contributed by atoms with van der Waals surface area (Å²) in [6.45, 7) is 1.47. The normalized spacial score (nSPS) is 44.2. The number of fused-ring (bicyclic) bond motifs is 5. The van der Waals surface area contributed by atoms with Gasteiger partial charge >= 0.3 is 0 Å². The van der Waals surface area contributed by atoms with Crippen molar-refractivity contribution in [3.05, 3.63) is 0 Å². The molecule has 3 aliphatic carbocycles. The van der Waals surface area contributed by atoms with Crippen molar-refractivity contribution in [1.29, 1.82) is 0 Å². The van der Waals surface area contributed by atoms with Crippen molar-refractivity contribution in [2.45, 2.75) is 32.1 Å². The molecule has 2 bridgehead atoms. The number of nitrogens with zero attached hydrogens (tertiary/aromatic N) is 1. The SMILES string of the molecule is NC(=O)C1CCN(C(=O)C2C3C4CCC(C4)C23)CC1. The molecule has 1 aliphatic heterocycles. The first kappa shape index (κ1) is 11.7. The van der Waals surface area contributed by atoms with Crippen LogP contribution >= 0.6 is 0 Å². The molecule has 2 N–H and O–H groups in total. The Hall–Kier alpha value is -1.06. The monoisotopic (exact) mass is 262 g/mol. The van der Waals surface area contributed by atoms with Crippen LogP contribution in [0.15, 0.2) is 0 Å². The minimum Gasteiger partial charge on any atom is -0.369 e. The molecule has 4 unspecified atom stereocenters. The van der Waals surface area contributed by atoms with E-state index in [9.17, 15) is 9.59 Å². The van der Waals surface area contributed by atoms with Gasteiger partial charge in [0.25, 0.3) is 0 Å². The highest BCUT2D eigenvalue weighted by Crippen LogP contribution is 2.69. The van der Waals surface area contributed by atoms with E-state index in [-0.39, 0.29) is 11.8 Å². The lowest BCUT2D eigenvalue weighted by Crippen LogP contribution is -2.43. The molecule has 0 aromatic heterocycles. The van der Waals surface area contributed by atoms with Crippen LogP contribution in [0.3, 0.4) is 0 Å². The molecule has 4 nitrogen and oxygen atoms in total. The van der Waals surface area contributed by atoms with Crippen molar-refractivity contribution in [3.63, 3.8) is 0 Å². The molecule has 2 amide bonds. The molecule has 1 saturated heterocycles. The second kappa shape index (κ2) is 3.97. The zero-order chi connectivity index (χ0) is 13.1. The van der Waals surface area contributed by atoms with E-state index in [0.717, 1.165) is 49.6 Å². The maximum absolute atomic E-state index is 12.6. The Balaban J connectivity index is 1.37. The fraction of sp³-hybridized carbons (Fsp3) is 0.867. The van der Waals surface area contributed by atoms with Gasteiger partial charge in [-0.15, -0.1) is 0 Å². The van der Waals surface area contributed by atoms with Crippen LogP contribution in [0.25, 0.3) is 0 Å². The van der Waals surface area contributed by atoms with Crippen molar-refractivity contribution in [2.75, 3.05) is 13.1 Å². The number of likely N-dealkylation sites (tertiary alicyclic amines) is 1. The van der Waals surface area contributed by atoms with Gasteiger partial charge < -0.3 is 10.6 Å². The summed E-state index contributed by atoms with van der Waals surface area (Å²) in [4.78, 5) is 25.7. The molecule has 1 heterocycles. The Labute approximate surface area is 113 Å². The lowest BCUT2D eigenvalue weighted by atomic mass is 9.95. The van der Waals surface area contributed by atoms with Crippen molar-refractivity contribution in [1.82, 2.24) is 4.90 Å². The van der Waals surface area contributed by atoms with E-state index >= 15 is 0 Å². The highest BCUT2D eigenvalue weighted by atomic mass is 16.2. The second-order valence-corrected chi connectivity index (χ2v) is 7.02. The number of hydrogen-bond donors (Lipinski definition) is 1. The van der Waals surface area contributed by atoms with Crippen LogP contribution in [0.1, 0.15) is 32.1 Å². The van der Waals surface area contributed by atoms with E-state index in [2.05, 4.69) is 0 Å².